The van der Waals surface area contributed by atoms with Gasteiger partial charge >= 0.3 is 0 Å². The molecule has 1 N–H and O–H groups in total. The highest BCUT2D eigenvalue weighted by molar-refractivity contribution is 7.09. The molecule has 0 spiro atoms. The summed E-state index contributed by atoms with van der Waals surface area (Å²) in [6, 6.07) is 5.07. The van der Waals surface area contributed by atoms with Crippen molar-refractivity contribution in [2.75, 3.05) is 6.54 Å². The average Bonchev–Trinajstić information content (AvgIpc) is 2.92. The second-order valence-electron chi connectivity index (χ2n) is 5.12. The van der Waals surface area contributed by atoms with Gasteiger partial charge in [-0.1, -0.05) is 19.9 Å². The molecule has 1 nitrogen and oxygen atoms in total. The number of hydrogen-bond donors (Lipinski definition) is 1. The third kappa shape index (κ3) is 3.08. The van der Waals surface area contributed by atoms with Crippen molar-refractivity contribution >= 4 is 11.3 Å². The Balaban J connectivity index is 1.77. The first-order valence-corrected chi connectivity index (χ1v) is 7.42. The first kappa shape index (κ1) is 12.1. The van der Waals surface area contributed by atoms with E-state index in [4.69, 9.17) is 0 Å². The normalized spacial score (nSPS) is 19.6. The van der Waals surface area contributed by atoms with Crippen molar-refractivity contribution in [2.45, 2.75) is 52.0 Å². The predicted octanol–water partition coefficient (Wildman–Crippen LogP) is 3.85. The van der Waals surface area contributed by atoms with Gasteiger partial charge in [-0.3, -0.25) is 0 Å². The van der Waals surface area contributed by atoms with Gasteiger partial charge in [-0.2, -0.15) is 0 Å². The van der Waals surface area contributed by atoms with Crippen LogP contribution in [0.2, 0.25) is 0 Å². The van der Waals surface area contributed by atoms with Crippen LogP contribution in [0.3, 0.4) is 0 Å². The van der Waals surface area contributed by atoms with Gasteiger partial charge in [0.15, 0.2) is 0 Å². The summed E-state index contributed by atoms with van der Waals surface area (Å²) < 4.78 is 0. The Bertz CT molecular complexity index is 301. The van der Waals surface area contributed by atoms with E-state index in [9.17, 15) is 0 Å². The summed E-state index contributed by atoms with van der Waals surface area (Å²) in [5.41, 5.74) is 0.670. The minimum atomic E-state index is 0.669. The SMILES string of the molecule is CCC(Cc1cccs1)NCC1(CC)CC1. The molecule has 1 aromatic heterocycles. The Morgan fingerprint density at radius 3 is 2.75 bits per heavy atom. The summed E-state index contributed by atoms with van der Waals surface area (Å²) in [4.78, 5) is 1.51. The zero-order valence-corrected chi connectivity index (χ0v) is 11.3. The summed E-state index contributed by atoms with van der Waals surface area (Å²) >= 11 is 1.88. The molecule has 1 aromatic rings. The number of rotatable bonds is 7. The van der Waals surface area contributed by atoms with Crippen LogP contribution in [0.4, 0.5) is 0 Å². The third-order valence-electron chi connectivity index (χ3n) is 3.99. The molecule has 2 heteroatoms. The fraction of sp³-hybridized carbons (Fsp3) is 0.714. The summed E-state index contributed by atoms with van der Waals surface area (Å²) in [5.74, 6) is 0. The molecule has 1 fully saturated rings. The minimum absolute atomic E-state index is 0.669. The van der Waals surface area contributed by atoms with Crippen molar-refractivity contribution in [1.29, 1.82) is 0 Å². The van der Waals surface area contributed by atoms with E-state index in [-0.39, 0.29) is 0 Å². The molecule has 16 heavy (non-hydrogen) atoms. The molecule has 2 rings (SSSR count). The highest BCUT2D eigenvalue weighted by Crippen LogP contribution is 2.47. The van der Waals surface area contributed by atoms with Crippen LogP contribution in [-0.2, 0) is 6.42 Å². The minimum Gasteiger partial charge on any atom is -0.313 e. The predicted molar refractivity (Wildman–Crippen MR) is 72.1 cm³/mol. The molecule has 0 saturated heterocycles. The molecule has 0 bridgehead atoms. The maximum Gasteiger partial charge on any atom is 0.0113 e. The van der Waals surface area contributed by atoms with Crippen LogP contribution in [0.1, 0.15) is 44.4 Å². The monoisotopic (exact) mass is 237 g/mol. The molecule has 0 aromatic carbocycles. The lowest BCUT2D eigenvalue weighted by atomic mass is 10.0. The van der Waals surface area contributed by atoms with Crippen molar-refractivity contribution < 1.29 is 0 Å². The molecule has 1 atom stereocenters. The van der Waals surface area contributed by atoms with Crippen molar-refractivity contribution in [3.05, 3.63) is 22.4 Å². The van der Waals surface area contributed by atoms with Gasteiger partial charge < -0.3 is 5.32 Å². The second-order valence-corrected chi connectivity index (χ2v) is 6.16. The van der Waals surface area contributed by atoms with Gasteiger partial charge in [-0.05, 0) is 49.0 Å². The average molecular weight is 237 g/mol. The first-order valence-electron chi connectivity index (χ1n) is 6.54. The molecule has 0 radical (unpaired) electrons. The van der Waals surface area contributed by atoms with E-state index >= 15 is 0 Å². The Hall–Kier alpha value is -0.340. The second kappa shape index (κ2) is 5.33. The lowest BCUT2D eigenvalue weighted by Crippen LogP contribution is -2.35. The van der Waals surface area contributed by atoms with E-state index < -0.39 is 0 Å². The third-order valence-corrected chi connectivity index (χ3v) is 4.89. The summed E-state index contributed by atoms with van der Waals surface area (Å²) in [6.07, 6.45) is 6.65. The zero-order valence-electron chi connectivity index (χ0n) is 10.5. The highest BCUT2D eigenvalue weighted by Gasteiger charge is 2.40. The number of hydrogen-bond acceptors (Lipinski definition) is 2. The van der Waals surface area contributed by atoms with Crippen LogP contribution < -0.4 is 5.32 Å². The Morgan fingerprint density at radius 2 is 2.25 bits per heavy atom. The molecular formula is C14H23NS. The maximum atomic E-state index is 3.77. The van der Waals surface area contributed by atoms with Gasteiger partial charge in [0.05, 0.1) is 0 Å². The van der Waals surface area contributed by atoms with Crippen LogP contribution in [0.25, 0.3) is 0 Å². The zero-order chi connectivity index (χ0) is 11.4. The van der Waals surface area contributed by atoms with Crippen LogP contribution in [-0.4, -0.2) is 12.6 Å². The first-order chi connectivity index (χ1) is 7.78. The largest absolute Gasteiger partial charge is 0.313 e. The van der Waals surface area contributed by atoms with Crippen molar-refractivity contribution in [2.24, 2.45) is 5.41 Å². The Morgan fingerprint density at radius 1 is 1.44 bits per heavy atom. The molecule has 1 heterocycles. The molecule has 0 aliphatic heterocycles. The summed E-state index contributed by atoms with van der Waals surface area (Å²) in [5, 5.41) is 5.95. The molecule has 90 valence electrons. The van der Waals surface area contributed by atoms with Crippen LogP contribution >= 0.6 is 11.3 Å². The standard InChI is InChI=1S/C14H23NS/c1-3-12(10-13-6-5-9-16-13)15-11-14(4-2)7-8-14/h5-6,9,12,15H,3-4,7-8,10-11H2,1-2H3. The van der Waals surface area contributed by atoms with E-state index in [0.717, 1.165) is 0 Å². The van der Waals surface area contributed by atoms with Crippen molar-refractivity contribution in [1.82, 2.24) is 5.32 Å². The quantitative estimate of drug-likeness (QED) is 0.759. The van der Waals surface area contributed by atoms with E-state index in [1.165, 1.54) is 43.5 Å². The fourth-order valence-electron chi connectivity index (χ4n) is 2.23. The molecule has 1 saturated carbocycles. The molecular weight excluding hydrogens is 214 g/mol. The van der Waals surface area contributed by atoms with Crippen LogP contribution in [0, 0.1) is 5.41 Å². The maximum absolute atomic E-state index is 3.77. The number of thiophene rings is 1. The van der Waals surface area contributed by atoms with Crippen LogP contribution in [0.15, 0.2) is 17.5 Å². The van der Waals surface area contributed by atoms with Gasteiger partial charge in [-0.15, -0.1) is 11.3 Å². The Labute approximate surface area is 103 Å². The van der Waals surface area contributed by atoms with Crippen molar-refractivity contribution in [3.8, 4) is 0 Å². The molecule has 1 aliphatic carbocycles. The molecule has 1 aliphatic rings. The van der Waals surface area contributed by atoms with E-state index in [2.05, 4.69) is 36.7 Å². The molecule has 1 unspecified atom stereocenters. The molecule has 0 amide bonds. The lowest BCUT2D eigenvalue weighted by Gasteiger charge is -2.20. The number of nitrogens with one attached hydrogen (secondary N) is 1. The van der Waals surface area contributed by atoms with Crippen LogP contribution in [0.5, 0.6) is 0 Å². The van der Waals surface area contributed by atoms with Gasteiger partial charge in [-0.25, -0.2) is 0 Å². The van der Waals surface area contributed by atoms with Gasteiger partial charge in [0, 0.05) is 17.5 Å². The Kier molecular flexibility index (Phi) is 4.04. The van der Waals surface area contributed by atoms with Crippen molar-refractivity contribution in [3.63, 3.8) is 0 Å². The van der Waals surface area contributed by atoms with E-state index in [0.29, 0.717) is 11.5 Å². The van der Waals surface area contributed by atoms with E-state index in [1.807, 2.05) is 11.3 Å². The lowest BCUT2D eigenvalue weighted by molar-refractivity contribution is 0.392. The summed E-state index contributed by atoms with van der Waals surface area (Å²) in [7, 11) is 0. The van der Waals surface area contributed by atoms with E-state index in [1.54, 1.807) is 0 Å². The fourth-order valence-corrected chi connectivity index (χ4v) is 3.01. The smallest absolute Gasteiger partial charge is 0.0113 e. The highest BCUT2D eigenvalue weighted by atomic mass is 32.1. The topological polar surface area (TPSA) is 12.0 Å². The van der Waals surface area contributed by atoms with Gasteiger partial charge in [0.25, 0.3) is 0 Å². The summed E-state index contributed by atoms with van der Waals surface area (Å²) in [6.45, 7) is 5.85. The van der Waals surface area contributed by atoms with Gasteiger partial charge in [0.2, 0.25) is 0 Å². The van der Waals surface area contributed by atoms with Gasteiger partial charge in [0.1, 0.15) is 0 Å².